The summed E-state index contributed by atoms with van der Waals surface area (Å²) in [4.78, 5) is 37.0. The summed E-state index contributed by atoms with van der Waals surface area (Å²) in [6.07, 6.45) is 5.69. The Morgan fingerprint density at radius 3 is 2.81 bits per heavy atom. The molecule has 0 aliphatic carbocycles. The third-order valence-corrected chi connectivity index (χ3v) is 7.24. The highest BCUT2D eigenvalue weighted by Crippen LogP contribution is 2.40. The highest BCUT2D eigenvalue weighted by atomic mass is 16.5. The molecule has 2 amide bonds. The van der Waals surface area contributed by atoms with Crippen LogP contribution in [-0.2, 0) is 20.7 Å². The molecule has 5 rings (SSSR count). The summed E-state index contributed by atoms with van der Waals surface area (Å²) in [5, 5.41) is 0. The lowest BCUT2D eigenvalue weighted by Gasteiger charge is -2.29. The van der Waals surface area contributed by atoms with Crippen molar-refractivity contribution >= 4 is 17.5 Å². The number of rotatable bonds is 5. The number of carbonyl (C=O) groups is 2. The number of hydrogen-bond donors (Lipinski definition) is 0. The molecule has 5 heterocycles. The maximum atomic E-state index is 13.2. The predicted molar refractivity (Wildman–Crippen MR) is 116 cm³/mol. The Morgan fingerprint density at radius 1 is 1.16 bits per heavy atom. The minimum Gasteiger partial charge on any atom is -0.379 e. The summed E-state index contributed by atoms with van der Waals surface area (Å²) in [6, 6.07) is 4.00. The van der Waals surface area contributed by atoms with Crippen LogP contribution in [-0.4, -0.2) is 94.9 Å². The van der Waals surface area contributed by atoms with E-state index >= 15 is 0 Å². The molecule has 2 aromatic rings. The van der Waals surface area contributed by atoms with Crippen molar-refractivity contribution in [3.63, 3.8) is 0 Å². The van der Waals surface area contributed by atoms with Crippen molar-refractivity contribution in [3.8, 4) is 0 Å². The molecule has 3 saturated heterocycles. The smallest absolute Gasteiger partial charge is 0.230 e. The molecule has 8 nitrogen and oxygen atoms in total. The minimum absolute atomic E-state index is 0.0831. The number of likely N-dealkylation sites (tertiary alicyclic amines) is 2. The molecule has 0 radical (unpaired) electrons. The van der Waals surface area contributed by atoms with Gasteiger partial charge in [0.05, 0.1) is 30.7 Å². The van der Waals surface area contributed by atoms with Crippen molar-refractivity contribution in [1.82, 2.24) is 24.1 Å². The van der Waals surface area contributed by atoms with Crippen LogP contribution in [0.2, 0.25) is 0 Å². The monoisotopic (exact) mass is 425 g/mol. The summed E-state index contributed by atoms with van der Waals surface area (Å²) in [7, 11) is 0. The Hall–Kier alpha value is -2.45. The lowest BCUT2D eigenvalue weighted by Crippen LogP contribution is -2.44. The quantitative estimate of drug-likeness (QED) is 0.714. The van der Waals surface area contributed by atoms with Gasteiger partial charge in [-0.25, -0.2) is 4.98 Å². The van der Waals surface area contributed by atoms with Gasteiger partial charge in [-0.1, -0.05) is 6.07 Å². The number of imidazole rings is 1. The number of aryl methyl sites for hydroxylation is 1. The topological polar surface area (TPSA) is 70.4 Å². The minimum atomic E-state index is -0.378. The van der Waals surface area contributed by atoms with Gasteiger partial charge in [0.2, 0.25) is 11.8 Å². The van der Waals surface area contributed by atoms with Gasteiger partial charge in [-0.3, -0.25) is 14.5 Å². The lowest BCUT2D eigenvalue weighted by molar-refractivity contribution is -0.136. The Labute approximate surface area is 182 Å². The number of hydrogen-bond acceptors (Lipinski definition) is 5. The zero-order valence-corrected chi connectivity index (χ0v) is 18.3. The lowest BCUT2D eigenvalue weighted by atomic mass is 9.85. The summed E-state index contributed by atoms with van der Waals surface area (Å²) >= 11 is 0. The molecule has 1 spiro atoms. The summed E-state index contributed by atoms with van der Waals surface area (Å²) in [5.41, 5.74) is 2.51. The Kier molecular flexibility index (Phi) is 5.44. The highest BCUT2D eigenvalue weighted by molar-refractivity contribution is 5.87. The van der Waals surface area contributed by atoms with Gasteiger partial charge in [-0.05, 0) is 31.4 Å². The molecule has 0 N–H and O–H groups in total. The van der Waals surface area contributed by atoms with Crippen LogP contribution < -0.4 is 0 Å². The molecule has 0 aromatic carbocycles. The molecule has 1 atom stereocenters. The third-order valence-electron chi connectivity index (χ3n) is 7.24. The van der Waals surface area contributed by atoms with Crippen LogP contribution in [0.25, 0.3) is 5.65 Å². The first-order chi connectivity index (χ1) is 15.1. The first kappa shape index (κ1) is 20.5. The molecule has 8 heteroatoms. The molecular formula is C23H31N5O3. The van der Waals surface area contributed by atoms with Gasteiger partial charge >= 0.3 is 0 Å². The van der Waals surface area contributed by atoms with Crippen LogP contribution in [0.1, 0.15) is 24.1 Å². The Balaban J connectivity index is 1.19. The first-order valence-corrected chi connectivity index (χ1v) is 11.3. The van der Waals surface area contributed by atoms with E-state index in [4.69, 9.17) is 4.74 Å². The number of aromatic nitrogens is 2. The molecule has 0 bridgehead atoms. The maximum Gasteiger partial charge on any atom is 0.230 e. The van der Waals surface area contributed by atoms with Crippen molar-refractivity contribution in [3.05, 3.63) is 35.8 Å². The van der Waals surface area contributed by atoms with Gasteiger partial charge in [0.25, 0.3) is 0 Å². The standard InChI is InChI=1S/C23H31N5O3/c1-18-3-2-6-28-19(16-24-21(18)28)15-20(29)27-8-5-23(17-27)4-7-26(22(23)30)10-9-25-11-13-31-14-12-25/h2-3,6,16H,4-5,7-15,17H2,1H3. The molecule has 166 valence electrons. The molecule has 3 aliphatic rings. The fraction of sp³-hybridized carbons (Fsp3) is 0.609. The van der Waals surface area contributed by atoms with E-state index in [1.54, 1.807) is 6.20 Å². The van der Waals surface area contributed by atoms with Gasteiger partial charge in [-0.15, -0.1) is 0 Å². The fourth-order valence-electron chi connectivity index (χ4n) is 5.26. The van der Waals surface area contributed by atoms with Crippen molar-refractivity contribution in [2.75, 3.05) is 59.0 Å². The van der Waals surface area contributed by atoms with Gasteiger partial charge < -0.3 is 18.9 Å². The third kappa shape index (κ3) is 3.83. The van der Waals surface area contributed by atoms with E-state index in [-0.39, 0.29) is 17.2 Å². The number of morpholine rings is 1. The van der Waals surface area contributed by atoms with Crippen molar-refractivity contribution in [2.45, 2.75) is 26.2 Å². The molecule has 3 aliphatic heterocycles. The molecule has 0 saturated carbocycles. The highest BCUT2D eigenvalue weighted by Gasteiger charge is 2.51. The Bertz CT molecular complexity index is 983. The SMILES string of the molecule is Cc1cccn2c(CC(=O)N3CCC4(CCN(CCN5CCOCC5)C4=O)C3)cnc12. The first-order valence-electron chi connectivity index (χ1n) is 11.3. The van der Waals surface area contributed by atoms with E-state index in [0.29, 0.717) is 19.5 Å². The van der Waals surface area contributed by atoms with Crippen LogP contribution >= 0.6 is 0 Å². The largest absolute Gasteiger partial charge is 0.379 e. The van der Waals surface area contributed by atoms with Crippen molar-refractivity contribution < 1.29 is 14.3 Å². The summed E-state index contributed by atoms with van der Waals surface area (Å²) < 4.78 is 7.40. The van der Waals surface area contributed by atoms with E-state index in [9.17, 15) is 9.59 Å². The molecule has 2 aromatic heterocycles. The van der Waals surface area contributed by atoms with Gasteiger partial charge in [0.1, 0.15) is 5.65 Å². The van der Waals surface area contributed by atoms with Crippen LogP contribution in [0.4, 0.5) is 0 Å². The van der Waals surface area contributed by atoms with E-state index < -0.39 is 0 Å². The normalized spacial score (nSPS) is 24.7. The second-order valence-electron chi connectivity index (χ2n) is 9.15. The second-order valence-corrected chi connectivity index (χ2v) is 9.15. The zero-order valence-electron chi connectivity index (χ0n) is 18.3. The Morgan fingerprint density at radius 2 is 1.97 bits per heavy atom. The van der Waals surface area contributed by atoms with Crippen LogP contribution in [0.5, 0.6) is 0 Å². The molecule has 31 heavy (non-hydrogen) atoms. The zero-order chi connectivity index (χ0) is 21.4. The van der Waals surface area contributed by atoms with E-state index in [0.717, 1.165) is 75.7 Å². The summed E-state index contributed by atoms with van der Waals surface area (Å²) in [5.74, 6) is 0.321. The molecule has 3 fully saturated rings. The van der Waals surface area contributed by atoms with Crippen LogP contribution in [0.15, 0.2) is 24.5 Å². The predicted octanol–water partition coefficient (Wildman–Crippen LogP) is 0.968. The van der Waals surface area contributed by atoms with Gasteiger partial charge in [0, 0.05) is 58.2 Å². The van der Waals surface area contributed by atoms with Gasteiger partial charge in [0.15, 0.2) is 0 Å². The molecular weight excluding hydrogens is 394 g/mol. The number of carbonyl (C=O) groups excluding carboxylic acids is 2. The van der Waals surface area contributed by atoms with E-state index in [1.165, 1.54) is 0 Å². The number of amides is 2. The fourth-order valence-corrected chi connectivity index (χ4v) is 5.26. The van der Waals surface area contributed by atoms with Crippen molar-refractivity contribution in [2.24, 2.45) is 5.41 Å². The van der Waals surface area contributed by atoms with Crippen molar-refractivity contribution in [1.29, 1.82) is 0 Å². The second kappa shape index (κ2) is 8.24. The van der Waals surface area contributed by atoms with Crippen LogP contribution in [0, 0.1) is 12.3 Å². The number of pyridine rings is 1. The van der Waals surface area contributed by atoms with E-state index in [2.05, 4.69) is 9.88 Å². The average Bonchev–Trinajstić information content (AvgIpc) is 3.48. The molecule has 1 unspecified atom stereocenters. The summed E-state index contributed by atoms with van der Waals surface area (Å²) in [6.45, 7) is 9.16. The number of ether oxygens (including phenoxy) is 1. The number of fused-ring (bicyclic) bond motifs is 1. The number of nitrogens with zero attached hydrogens (tertiary/aromatic N) is 5. The van der Waals surface area contributed by atoms with Crippen LogP contribution in [0.3, 0.4) is 0 Å². The van der Waals surface area contributed by atoms with Gasteiger partial charge in [-0.2, -0.15) is 0 Å². The van der Waals surface area contributed by atoms with E-state index in [1.807, 2.05) is 39.5 Å². The average molecular weight is 426 g/mol. The maximum absolute atomic E-state index is 13.2.